The standard InChI is InChI=1S/C21H16N2O3S3/c1-23-20(25)18-14(17-3-2-8-27-17)10-28-19(18)22-21(23)29-11-15(24)12-4-5-16-13(9-12)6-7-26-16/h2-5,8-10H,6-7,11H2,1H3. The number of Topliss-reactive ketones (excluding diaryl/α,β-unsaturated/α-hetero) is 1. The number of benzene rings is 1. The van der Waals surface area contributed by atoms with Gasteiger partial charge < -0.3 is 4.74 Å². The zero-order valence-corrected chi connectivity index (χ0v) is 18.0. The third kappa shape index (κ3) is 3.31. The average Bonchev–Trinajstić information content (AvgIpc) is 3.48. The molecule has 0 aliphatic carbocycles. The van der Waals surface area contributed by atoms with Crippen molar-refractivity contribution in [2.45, 2.75) is 11.6 Å². The first-order valence-electron chi connectivity index (χ1n) is 9.05. The molecule has 0 unspecified atom stereocenters. The van der Waals surface area contributed by atoms with Crippen LogP contribution in [0, 0.1) is 0 Å². The number of thioether (sulfide) groups is 1. The molecule has 0 saturated carbocycles. The zero-order valence-electron chi connectivity index (χ0n) is 15.5. The Morgan fingerprint density at radius 2 is 2.21 bits per heavy atom. The number of thiophene rings is 2. The average molecular weight is 441 g/mol. The number of fused-ring (bicyclic) bond motifs is 2. The molecule has 1 aliphatic heterocycles. The van der Waals surface area contributed by atoms with Gasteiger partial charge in [-0.05, 0) is 35.2 Å². The van der Waals surface area contributed by atoms with Crippen molar-refractivity contribution >= 4 is 50.4 Å². The van der Waals surface area contributed by atoms with Crippen molar-refractivity contribution in [3.63, 3.8) is 0 Å². The summed E-state index contributed by atoms with van der Waals surface area (Å²) < 4.78 is 7.04. The highest BCUT2D eigenvalue weighted by molar-refractivity contribution is 7.99. The lowest BCUT2D eigenvalue weighted by atomic mass is 10.1. The summed E-state index contributed by atoms with van der Waals surface area (Å²) in [6.07, 6.45) is 0.835. The molecule has 0 amide bonds. The first kappa shape index (κ1) is 18.6. The fourth-order valence-electron chi connectivity index (χ4n) is 3.37. The van der Waals surface area contributed by atoms with Crippen molar-refractivity contribution < 1.29 is 9.53 Å². The summed E-state index contributed by atoms with van der Waals surface area (Å²) >= 11 is 4.37. The van der Waals surface area contributed by atoms with E-state index in [0.717, 1.165) is 28.2 Å². The lowest BCUT2D eigenvalue weighted by molar-refractivity contribution is 0.102. The van der Waals surface area contributed by atoms with Crippen LogP contribution in [0.2, 0.25) is 0 Å². The molecule has 1 aromatic carbocycles. The van der Waals surface area contributed by atoms with Crippen molar-refractivity contribution in [2.75, 3.05) is 12.4 Å². The summed E-state index contributed by atoms with van der Waals surface area (Å²) in [5.74, 6) is 1.11. The van der Waals surface area contributed by atoms with E-state index in [0.29, 0.717) is 27.5 Å². The molecule has 0 radical (unpaired) electrons. The van der Waals surface area contributed by atoms with Crippen molar-refractivity contribution in [3.05, 3.63) is 62.6 Å². The maximum atomic E-state index is 13.0. The number of ether oxygens (including phenoxy) is 1. The minimum absolute atomic E-state index is 0.0181. The van der Waals surface area contributed by atoms with Crippen LogP contribution in [0.3, 0.4) is 0 Å². The Labute approximate surface area is 179 Å². The van der Waals surface area contributed by atoms with Gasteiger partial charge in [-0.25, -0.2) is 4.98 Å². The molecule has 0 atom stereocenters. The monoisotopic (exact) mass is 440 g/mol. The number of hydrogen-bond donors (Lipinski definition) is 0. The molecule has 0 saturated heterocycles. The molecule has 5 rings (SSSR count). The molecule has 5 nitrogen and oxygen atoms in total. The van der Waals surface area contributed by atoms with E-state index in [4.69, 9.17) is 4.74 Å². The number of carbonyl (C=O) groups excluding carboxylic acids is 1. The van der Waals surface area contributed by atoms with Crippen LogP contribution in [-0.2, 0) is 13.5 Å². The molecular weight excluding hydrogens is 424 g/mol. The van der Waals surface area contributed by atoms with E-state index in [2.05, 4.69) is 4.98 Å². The number of carbonyl (C=O) groups is 1. The Balaban J connectivity index is 1.42. The molecular formula is C21H16N2O3S3. The summed E-state index contributed by atoms with van der Waals surface area (Å²) in [6.45, 7) is 0.669. The van der Waals surface area contributed by atoms with Crippen LogP contribution in [0.15, 0.2) is 51.0 Å². The first-order chi connectivity index (χ1) is 14.1. The van der Waals surface area contributed by atoms with Gasteiger partial charge in [0.1, 0.15) is 10.6 Å². The Bertz CT molecular complexity index is 1290. The van der Waals surface area contributed by atoms with Crippen LogP contribution in [0.4, 0.5) is 0 Å². The SMILES string of the molecule is Cn1c(SCC(=O)c2ccc3c(c2)CCO3)nc2scc(-c3cccs3)c2c1=O. The molecule has 0 bridgehead atoms. The molecule has 1 aliphatic rings. The smallest absolute Gasteiger partial charge is 0.263 e. The summed E-state index contributed by atoms with van der Waals surface area (Å²) in [5.41, 5.74) is 2.60. The van der Waals surface area contributed by atoms with Gasteiger partial charge in [0.25, 0.3) is 5.56 Å². The largest absolute Gasteiger partial charge is 0.493 e. The number of nitrogens with zero attached hydrogens (tertiary/aromatic N) is 2. The molecule has 146 valence electrons. The van der Waals surface area contributed by atoms with Gasteiger partial charge in [0, 0.05) is 34.9 Å². The normalized spacial score (nSPS) is 12.9. The van der Waals surface area contributed by atoms with E-state index < -0.39 is 0 Å². The van der Waals surface area contributed by atoms with Crippen molar-refractivity contribution in [1.29, 1.82) is 0 Å². The molecule has 29 heavy (non-hydrogen) atoms. The Kier molecular flexibility index (Phi) is 4.77. The van der Waals surface area contributed by atoms with Gasteiger partial charge in [0.2, 0.25) is 0 Å². The van der Waals surface area contributed by atoms with Gasteiger partial charge in [-0.15, -0.1) is 22.7 Å². The lowest BCUT2D eigenvalue weighted by Gasteiger charge is -2.08. The molecule has 4 aromatic rings. The highest BCUT2D eigenvalue weighted by Gasteiger charge is 2.18. The van der Waals surface area contributed by atoms with E-state index in [-0.39, 0.29) is 17.1 Å². The van der Waals surface area contributed by atoms with Crippen LogP contribution < -0.4 is 10.3 Å². The minimum Gasteiger partial charge on any atom is -0.493 e. The van der Waals surface area contributed by atoms with E-state index in [1.807, 2.05) is 35.0 Å². The molecule has 0 spiro atoms. The van der Waals surface area contributed by atoms with Crippen molar-refractivity contribution in [1.82, 2.24) is 9.55 Å². The molecule has 3 aromatic heterocycles. The topological polar surface area (TPSA) is 61.2 Å². The van der Waals surface area contributed by atoms with Crippen LogP contribution in [0.1, 0.15) is 15.9 Å². The number of ketones is 1. The molecule has 8 heteroatoms. The van der Waals surface area contributed by atoms with Crippen molar-refractivity contribution in [3.8, 4) is 16.2 Å². The Morgan fingerprint density at radius 3 is 3.03 bits per heavy atom. The predicted molar refractivity (Wildman–Crippen MR) is 119 cm³/mol. The quantitative estimate of drug-likeness (QED) is 0.257. The fourth-order valence-corrected chi connectivity index (χ4v) is 6.04. The molecule has 0 N–H and O–H groups in total. The second kappa shape index (κ2) is 7.44. The van der Waals surface area contributed by atoms with Crippen LogP contribution in [0.25, 0.3) is 20.7 Å². The highest BCUT2D eigenvalue weighted by atomic mass is 32.2. The number of hydrogen-bond acceptors (Lipinski definition) is 7. The summed E-state index contributed by atoms with van der Waals surface area (Å²) in [5, 5.41) is 5.18. The minimum atomic E-state index is -0.0794. The van der Waals surface area contributed by atoms with E-state index in [1.165, 1.54) is 23.1 Å². The van der Waals surface area contributed by atoms with E-state index >= 15 is 0 Å². The predicted octanol–water partition coefficient (Wildman–Crippen LogP) is 4.63. The highest BCUT2D eigenvalue weighted by Crippen LogP contribution is 2.34. The molecule has 0 fully saturated rings. The second-order valence-corrected chi connectivity index (χ2v) is 9.45. The zero-order chi connectivity index (χ0) is 20.0. The first-order valence-corrected chi connectivity index (χ1v) is 11.8. The van der Waals surface area contributed by atoms with Gasteiger partial charge >= 0.3 is 0 Å². The van der Waals surface area contributed by atoms with Gasteiger partial charge in [0.05, 0.1) is 17.7 Å². The maximum absolute atomic E-state index is 13.0. The van der Waals surface area contributed by atoms with Gasteiger partial charge in [0.15, 0.2) is 10.9 Å². The van der Waals surface area contributed by atoms with E-state index in [9.17, 15) is 9.59 Å². The van der Waals surface area contributed by atoms with Crippen molar-refractivity contribution in [2.24, 2.45) is 7.05 Å². The summed E-state index contributed by atoms with van der Waals surface area (Å²) in [6, 6.07) is 9.55. The Morgan fingerprint density at radius 1 is 1.31 bits per heavy atom. The van der Waals surface area contributed by atoms with Gasteiger partial charge in [-0.1, -0.05) is 17.8 Å². The fraction of sp³-hybridized carbons (Fsp3) is 0.190. The lowest BCUT2D eigenvalue weighted by Crippen LogP contribution is -2.20. The molecule has 4 heterocycles. The Hall–Kier alpha value is -2.42. The maximum Gasteiger partial charge on any atom is 0.263 e. The summed E-state index contributed by atoms with van der Waals surface area (Å²) in [7, 11) is 1.71. The second-order valence-electron chi connectivity index (χ2n) is 6.70. The number of aromatic nitrogens is 2. The third-order valence-corrected chi connectivity index (χ3v) is 7.71. The van der Waals surface area contributed by atoms with E-state index in [1.54, 1.807) is 29.0 Å². The van der Waals surface area contributed by atoms with Gasteiger partial charge in [-0.2, -0.15) is 0 Å². The summed E-state index contributed by atoms with van der Waals surface area (Å²) in [4.78, 5) is 32.1. The number of rotatable bonds is 5. The van der Waals surface area contributed by atoms with Crippen LogP contribution >= 0.6 is 34.4 Å². The van der Waals surface area contributed by atoms with Gasteiger partial charge in [-0.3, -0.25) is 14.2 Å². The third-order valence-electron chi connectivity index (χ3n) is 4.90. The van der Waals surface area contributed by atoms with Crippen LogP contribution in [0.5, 0.6) is 5.75 Å². The van der Waals surface area contributed by atoms with Crippen LogP contribution in [-0.4, -0.2) is 27.7 Å².